The van der Waals surface area contributed by atoms with E-state index in [9.17, 15) is 9.59 Å². The predicted octanol–water partition coefficient (Wildman–Crippen LogP) is 5.20. The van der Waals surface area contributed by atoms with Crippen molar-refractivity contribution in [3.05, 3.63) is 0 Å². The van der Waals surface area contributed by atoms with E-state index in [4.69, 9.17) is 12.6 Å². The Balaban J connectivity index is -0.0000000310. The van der Waals surface area contributed by atoms with E-state index in [0.29, 0.717) is 6.04 Å². The largest absolute Gasteiger partial charge is 0.457 e. The molecule has 1 rings (SSSR count). The van der Waals surface area contributed by atoms with Crippen molar-refractivity contribution in [3.63, 3.8) is 0 Å². The summed E-state index contributed by atoms with van der Waals surface area (Å²) in [6, 6.07) is 0.387. The molecule has 0 atom stereocenters. The zero-order valence-electron chi connectivity index (χ0n) is 15.6. The lowest BCUT2D eigenvalue weighted by Gasteiger charge is -2.25. The van der Waals surface area contributed by atoms with Crippen LogP contribution in [-0.4, -0.2) is 55.7 Å². The van der Waals surface area contributed by atoms with Gasteiger partial charge in [0.15, 0.2) is 0 Å². The number of methoxy groups -OCH3 is 2. The number of hydrogen-bond donors (Lipinski definition) is 3. The van der Waals surface area contributed by atoms with E-state index in [0.717, 1.165) is 20.0 Å². The number of alkyl carbamates (subject to hydrolysis) is 1. The molecule has 1 amide bonds. The van der Waals surface area contributed by atoms with Gasteiger partial charge in [0.1, 0.15) is 0 Å². The SMILES string of the molecule is C.C.C.CO.COC(=O)Cl.COC(=O)NC1CCC1.O=C(Cl)Cl.[2H]C.[2H]CN. The number of hydrogen-bond acceptors (Lipinski definition) is 7. The molecule has 0 saturated heterocycles. The molecule has 1 aliphatic rings. The minimum absolute atomic E-state index is 0. The van der Waals surface area contributed by atoms with E-state index in [1.165, 1.54) is 28.0 Å². The fourth-order valence-corrected chi connectivity index (χ4v) is 0.778. The van der Waals surface area contributed by atoms with Crippen LogP contribution in [0, 0.1) is 0 Å². The number of nitrogens with one attached hydrogen (secondary N) is 1. The van der Waals surface area contributed by atoms with E-state index in [1.54, 1.807) is 0 Å². The molecule has 8 nitrogen and oxygen atoms in total. The summed E-state index contributed by atoms with van der Waals surface area (Å²) in [5, 5.41) is 9.70. The second-order valence-corrected chi connectivity index (χ2v) is 4.12. The van der Waals surface area contributed by atoms with Crippen LogP contribution in [0.3, 0.4) is 0 Å². The Labute approximate surface area is 177 Å². The minimum Gasteiger partial charge on any atom is -0.457 e. The van der Waals surface area contributed by atoms with E-state index in [2.05, 4.69) is 55.3 Å². The number of carbonyl (C=O) groups is 3. The summed E-state index contributed by atoms with van der Waals surface area (Å²) in [6.45, 7) is 0. The number of ether oxygens (including phenoxy) is 2. The second-order valence-electron chi connectivity index (χ2n) is 2.93. The highest BCUT2D eigenvalue weighted by Crippen LogP contribution is 2.17. The fraction of sp³-hybridized carbons (Fsp3) is 0.800. The van der Waals surface area contributed by atoms with Crippen LogP contribution in [0.25, 0.3) is 0 Å². The molecule has 1 saturated carbocycles. The first-order chi connectivity index (χ1) is 11.7. The lowest BCUT2D eigenvalue weighted by atomic mass is 9.93. The molecule has 4 N–H and O–H groups in total. The van der Waals surface area contributed by atoms with Crippen LogP contribution >= 0.6 is 34.8 Å². The molecule has 11 heteroatoms. The van der Waals surface area contributed by atoms with Gasteiger partial charge < -0.3 is 25.6 Å². The number of aliphatic hydroxyl groups excluding tert-OH is 1. The van der Waals surface area contributed by atoms with Crippen LogP contribution in [0.5, 0.6) is 0 Å². The van der Waals surface area contributed by atoms with Gasteiger partial charge >= 0.3 is 16.2 Å². The summed E-state index contributed by atoms with van der Waals surface area (Å²) in [4.78, 5) is 28.8. The number of nitrogens with two attached hydrogens (primary N) is 1. The lowest BCUT2D eigenvalue weighted by Crippen LogP contribution is -2.39. The van der Waals surface area contributed by atoms with Crippen molar-refractivity contribution in [2.24, 2.45) is 5.73 Å². The van der Waals surface area contributed by atoms with Crippen molar-refractivity contribution in [1.82, 2.24) is 5.32 Å². The van der Waals surface area contributed by atoms with E-state index in [-0.39, 0.29) is 35.4 Å². The van der Waals surface area contributed by atoms with Gasteiger partial charge in [-0.3, -0.25) is 4.79 Å². The zero-order valence-corrected chi connectivity index (χ0v) is 15.9. The molecule has 0 aromatic rings. The highest BCUT2D eigenvalue weighted by atomic mass is 35.5. The Bertz CT molecular complexity index is 301. The van der Waals surface area contributed by atoms with Gasteiger partial charge in [-0.15, -0.1) is 0 Å². The van der Waals surface area contributed by atoms with Gasteiger partial charge in [-0.25, -0.2) is 9.59 Å². The van der Waals surface area contributed by atoms with Crippen molar-refractivity contribution >= 4 is 51.0 Å². The number of halogens is 3. The van der Waals surface area contributed by atoms with E-state index >= 15 is 0 Å². The quantitative estimate of drug-likeness (QED) is 0.467. The maximum absolute atomic E-state index is 10.5. The fourth-order valence-electron chi connectivity index (χ4n) is 0.778. The normalized spacial score (nSPS) is 9.88. The summed E-state index contributed by atoms with van der Waals surface area (Å²) >= 11 is 13.4. The van der Waals surface area contributed by atoms with Gasteiger partial charge in [0.25, 0.3) is 0 Å². The van der Waals surface area contributed by atoms with Gasteiger partial charge in [-0.05, 0) is 49.5 Å². The van der Waals surface area contributed by atoms with Crippen molar-refractivity contribution in [3.8, 4) is 0 Å². The van der Waals surface area contributed by atoms with Crippen LogP contribution in [0.15, 0.2) is 0 Å². The maximum atomic E-state index is 10.5. The third kappa shape index (κ3) is 65.6. The molecular weight excluding hydrogens is 411 g/mol. The number of rotatable bonds is 1. The molecule has 1 aliphatic carbocycles. The van der Waals surface area contributed by atoms with Crippen LogP contribution in [0.1, 0.15) is 51.7 Å². The third-order valence-electron chi connectivity index (χ3n) is 1.77. The summed E-state index contributed by atoms with van der Waals surface area (Å²) in [6.07, 6.45) is 3.14. The lowest BCUT2D eigenvalue weighted by molar-refractivity contribution is 0.159. The summed E-state index contributed by atoms with van der Waals surface area (Å²) in [5.41, 5.74) is 3.74. The molecule has 0 radical (unpaired) electrons. The molecule has 0 spiro atoms. The molecule has 26 heavy (non-hydrogen) atoms. The van der Waals surface area contributed by atoms with Gasteiger partial charge in [0.05, 0.1) is 14.2 Å². The first kappa shape index (κ1) is 40.0. The van der Waals surface area contributed by atoms with Crippen LogP contribution in [-0.2, 0) is 9.47 Å². The van der Waals surface area contributed by atoms with Crippen molar-refractivity contribution in [2.75, 3.05) is 28.4 Å². The van der Waals surface area contributed by atoms with Gasteiger partial charge in [-0.2, -0.15) is 0 Å². The predicted molar refractivity (Wildman–Crippen MR) is 114 cm³/mol. The summed E-state index contributed by atoms with van der Waals surface area (Å²) in [7, 11) is 4.85. The highest BCUT2D eigenvalue weighted by molar-refractivity contribution is 6.93. The van der Waals surface area contributed by atoms with Crippen LogP contribution in [0.2, 0.25) is 0 Å². The van der Waals surface area contributed by atoms with Gasteiger partial charge in [0.2, 0.25) is 0 Å². The third-order valence-corrected chi connectivity index (χ3v) is 1.93. The Kier molecular flexibility index (Phi) is 67.8. The average molecular weight is 452 g/mol. The van der Waals surface area contributed by atoms with E-state index < -0.39 is 10.1 Å². The Morgan fingerprint density at radius 3 is 1.46 bits per heavy atom. The molecule has 1 fully saturated rings. The molecular formula is C15H39Cl3N2O6. The molecule has 0 aromatic heterocycles. The molecule has 0 unspecified atom stereocenters. The Morgan fingerprint density at radius 2 is 1.35 bits per heavy atom. The summed E-state index contributed by atoms with van der Waals surface area (Å²) in [5.74, 6) is 0. The molecule has 0 bridgehead atoms. The standard InChI is InChI=1S/C6H11NO2.C2H3ClO2.CCl2O.CH5N.CH4O.4CH4/c1-9-6(8)7-5-3-2-4-5;1-5-2(3)4;2-1(3)4;2*1-2;;;;/h5H,2-4H2,1H3,(H,7,8);1H3;;2H2,1H3;2H,1H3;4*1H4/i;;;1D;;1D;;;. The minimum atomic E-state index is -0.889. The number of amides is 1. The van der Waals surface area contributed by atoms with Crippen molar-refractivity contribution in [1.29, 1.82) is 0 Å². The first-order valence-corrected chi connectivity index (χ1v) is 6.75. The topological polar surface area (TPSA) is 128 Å². The Morgan fingerprint density at radius 1 is 1.08 bits per heavy atom. The monoisotopic (exact) mass is 450 g/mol. The summed E-state index contributed by atoms with van der Waals surface area (Å²) < 4.78 is 19.1. The Hall–Kier alpha value is -0.800. The first-order valence-electron chi connectivity index (χ1n) is 7.32. The second kappa shape index (κ2) is 44.0. The molecule has 0 aliphatic heterocycles. The maximum Gasteiger partial charge on any atom is 0.407 e. The van der Waals surface area contributed by atoms with Crippen molar-refractivity contribution in [2.45, 2.75) is 55.0 Å². The van der Waals surface area contributed by atoms with Crippen molar-refractivity contribution < 1.29 is 31.7 Å². The number of carbonyl (C=O) groups excluding carboxylic acids is 3. The van der Waals surface area contributed by atoms with Crippen LogP contribution < -0.4 is 11.1 Å². The van der Waals surface area contributed by atoms with Gasteiger partial charge in [-0.1, -0.05) is 29.7 Å². The molecule has 0 aromatic carbocycles. The van der Waals surface area contributed by atoms with Crippen LogP contribution in [0.4, 0.5) is 14.4 Å². The highest BCUT2D eigenvalue weighted by Gasteiger charge is 2.18. The van der Waals surface area contributed by atoms with Gasteiger partial charge in [0, 0.05) is 27.5 Å². The smallest absolute Gasteiger partial charge is 0.407 e. The zero-order chi connectivity index (χ0) is 21.3. The molecule has 0 heterocycles. The van der Waals surface area contributed by atoms with E-state index in [1.807, 2.05) is 0 Å². The molecule has 166 valence electrons. The average Bonchev–Trinajstić information content (AvgIpc) is 2.55. The number of aliphatic hydroxyl groups is 1.